The molecule has 1 saturated heterocycles. The number of carbonyl (C=O) groups excluding carboxylic acids is 2. The number of aromatic nitrogens is 1. The van der Waals surface area contributed by atoms with Gasteiger partial charge in [0.05, 0.1) is 17.2 Å². The van der Waals surface area contributed by atoms with Crippen LogP contribution in [-0.4, -0.2) is 30.1 Å². The lowest BCUT2D eigenvalue weighted by Gasteiger charge is -2.14. The molecule has 0 saturated carbocycles. The van der Waals surface area contributed by atoms with Crippen LogP contribution >= 0.6 is 11.3 Å². The molecule has 1 aromatic carbocycles. The Kier molecular flexibility index (Phi) is 4.80. The van der Waals surface area contributed by atoms with Crippen LogP contribution in [0.3, 0.4) is 0 Å². The van der Waals surface area contributed by atoms with Gasteiger partial charge >= 0.3 is 6.09 Å². The number of ether oxygens (including phenoxy) is 1. The predicted octanol–water partition coefficient (Wildman–Crippen LogP) is 2.90. The summed E-state index contributed by atoms with van der Waals surface area (Å²) in [5.74, 6) is -0.115. The van der Waals surface area contributed by atoms with Gasteiger partial charge in [0.2, 0.25) is 0 Å². The van der Waals surface area contributed by atoms with Crippen LogP contribution in [0, 0.1) is 6.92 Å². The fraction of sp³-hybridized carbons (Fsp3) is 0.353. The van der Waals surface area contributed by atoms with Crippen LogP contribution in [0.2, 0.25) is 0 Å². The number of nitrogens with zero attached hydrogens (tertiary/aromatic N) is 2. The van der Waals surface area contributed by atoms with Crippen molar-refractivity contribution in [3.63, 3.8) is 0 Å². The number of carbonyl (C=O) groups is 2. The van der Waals surface area contributed by atoms with Gasteiger partial charge in [0, 0.05) is 12.2 Å². The first-order valence-electron chi connectivity index (χ1n) is 7.86. The van der Waals surface area contributed by atoms with Crippen molar-refractivity contribution in [3.05, 3.63) is 45.4 Å². The summed E-state index contributed by atoms with van der Waals surface area (Å²) in [6, 6.07) is 7.54. The van der Waals surface area contributed by atoms with E-state index >= 15 is 0 Å². The molecule has 1 aliphatic heterocycles. The molecule has 0 spiro atoms. The topological polar surface area (TPSA) is 71.5 Å². The van der Waals surface area contributed by atoms with E-state index in [9.17, 15) is 9.59 Å². The zero-order chi connectivity index (χ0) is 17.1. The molecule has 1 fully saturated rings. The monoisotopic (exact) mass is 345 g/mol. The van der Waals surface area contributed by atoms with Crippen molar-refractivity contribution in [1.29, 1.82) is 0 Å². The highest BCUT2D eigenvalue weighted by Gasteiger charge is 2.23. The quantitative estimate of drug-likeness (QED) is 0.904. The van der Waals surface area contributed by atoms with Gasteiger partial charge in [-0.3, -0.25) is 9.69 Å². The lowest BCUT2D eigenvalue weighted by atomic mass is 10.2. The van der Waals surface area contributed by atoms with Gasteiger partial charge in [0.1, 0.15) is 11.5 Å². The molecular formula is C17H19N3O3S. The van der Waals surface area contributed by atoms with Crippen molar-refractivity contribution in [3.8, 4) is 0 Å². The van der Waals surface area contributed by atoms with Gasteiger partial charge in [0.15, 0.2) is 0 Å². The molecule has 126 valence electrons. The molecule has 1 aliphatic rings. The van der Waals surface area contributed by atoms with Crippen LogP contribution in [0.25, 0.3) is 0 Å². The summed E-state index contributed by atoms with van der Waals surface area (Å²) >= 11 is 1.43. The Labute approximate surface area is 144 Å². The number of rotatable bonds is 5. The molecule has 0 atom stereocenters. The smallest absolute Gasteiger partial charge is 0.414 e. The van der Waals surface area contributed by atoms with E-state index in [-0.39, 0.29) is 12.0 Å². The highest BCUT2D eigenvalue weighted by Crippen LogP contribution is 2.21. The van der Waals surface area contributed by atoms with Gasteiger partial charge < -0.3 is 10.1 Å². The normalized spacial score (nSPS) is 13.9. The highest BCUT2D eigenvalue weighted by molar-refractivity contribution is 7.13. The molecule has 2 heterocycles. The van der Waals surface area contributed by atoms with Crippen molar-refractivity contribution in [1.82, 2.24) is 10.3 Å². The molecule has 2 aromatic rings. The molecule has 3 rings (SSSR count). The molecule has 2 amide bonds. The number of anilines is 1. The average Bonchev–Trinajstić information content (AvgIpc) is 3.18. The summed E-state index contributed by atoms with van der Waals surface area (Å²) in [5, 5.41) is 3.88. The number of amides is 2. The lowest BCUT2D eigenvalue weighted by molar-refractivity contribution is 0.0954. The van der Waals surface area contributed by atoms with Crippen molar-refractivity contribution in [2.45, 2.75) is 26.8 Å². The summed E-state index contributed by atoms with van der Waals surface area (Å²) in [5.41, 5.74) is 2.48. The summed E-state index contributed by atoms with van der Waals surface area (Å²) in [6.45, 7) is 5.23. The molecule has 0 unspecified atom stereocenters. The minimum absolute atomic E-state index is 0.115. The second-order valence-electron chi connectivity index (χ2n) is 5.49. The van der Waals surface area contributed by atoms with Crippen LogP contribution in [0.15, 0.2) is 24.3 Å². The molecule has 6 nitrogen and oxygen atoms in total. The third-order valence-corrected chi connectivity index (χ3v) is 5.09. The van der Waals surface area contributed by atoms with E-state index in [1.54, 1.807) is 4.90 Å². The SMILES string of the molecule is CCc1nc(C)c(C(=O)NCc2cccc(N3CCOC3=O)c2)s1. The van der Waals surface area contributed by atoms with E-state index < -0.39 is 0 Å². The fourth-order valence-electron chi connectivity index (χ4n) is 2.54. The third kappa shape index (κ3) is 3.41. The standard InChI is InChI=1S/C17H19N3O3S/c1-3-14-19-11(2)15(24-14)16(21)18-10-12-5-4-6-13(9-12)20-7-8-23-17(20)22/h4-6,9H,3,7-8,10H2,1-2H3,(H,18,21). The van der Waals surface area contributed by atoms with Gasteiger partial charge in [-0.2, -0.15) is 0 Å². The van der Waals surface area contributed by atoms with E-state index in [2.05, 4.69) is 10.3 Å². The first kappa shape index (κ1) is 16.4. The average molecular weight is 345 g/mol. The molecule has 0 radical (unpaired) electrons. The Balaban J connectivity index is 1.67. The molecule has 24 heavy (non-hydrogen) atoms. The molecule has 0 bridgehead atoms. The van der Waals surface area contributed by atoms with Crippen molar-refractivity contribution < 1.29 is 14.3 Å². The Morgan fingerprint density at radius 3 is 2.96 bits per heavy atom. The van der Waals surface area contributed by atoms with Crippen LogP contribution in [0.4, 0.5) is 10.5 Å². The maximum Gasteiger partial charge on any atom is 0.414 e. The van der Waals surface area contributed by atoms with Gasteiger partial charge in [0.25, 0.3) is 5.91 Å². The maximum absolute atomic E-state index is 12.3. The molecule has 1 aromatic heterocycles. The molecule has 1 N–H and O–H groups in total. The number of thiazole rings is 1. The van der Waals surface area contributed by atoms with E-state index in [0.29, 0.717) is 24.6 Å². The first-order chi connectivity index (χ1) is 11.6. The molecule has 0 aliphatic carbocycles. The lowest BCUT2D eigenvalue weighted by Crippen LogP contribution is -2.24. The van der Waals surface area contributed by atoms with Crippen LogP contribution < -0.4 is 10.2 Å². The van der Waals surface area contributed by atoms with E-state index in [1.807, 2.05) is 38.1 Å². The van der Waals surface area contributed by atoms with E-state index in [1.165, 1.54) is 11.3 Å². The number of nitrogens with one attached hydrogen (secondary N) is 1. The fourth-order valence-corrected chi connectivity index (χ4v) is 3.46. The highest BCUT2D eigenvalue weighted by atomic mass is 32.1. The Hall–Kier alpha value is -2.41. The summed E-state index contributed by atoms with van der Waals surface area (Å²) in [4.78, 5) is 30.6. The largest absolute Gasteiger partial charge is 0.447 e. The zero-order valence-corrected chi connectivity index (χ0v) is 14.5. The van der Waals surface area contributed by atoms with Crippen LogP contribution in [-0.2, 0) is 17.7 Å². The van der Waals surface area contributed by atoms with Gasteiger partial charge in [-0.15, -0.1) is 11.3 Å². The first-order valence-corrected chi connectivity index (χ1v) is 8.68. The predicted molar refractivity (Wildman–Crippen MR) is 92.5 cm³/mol. The van der Waals surface area contributed by atoms with E-state index in [4.69, 9.17) is 4.74 Å². The summed E-state index contributed by atoms with van der Waals surface area (Å²) in [7, 11) is 0. The maximum atomic E-state index is 12.3. The van der Waals surface area contributed by atoms with Crippen LogP contribution in [0.5, 0.6) is 0 Å². The van der Waals surface area contributed by atoms with Crippen molar-refractivity contribution in [2.24, 2.45) is 0 Å². The van der Waals surface area contributed by atoms with Crippen molar-refractivity contribution >= 4 is 29.0 Å². The van der Waals surface area contributed by atoms with Gasteiger partial charge in [-0.05, 0) is 31.0 Å². The number of benzene rings is 1. The second kappa shape index (κ2) is 7.00. The Bertz CT molecular complexity index is 772. The number of cyclic esters (lactones) is 1. The minimum Gasteiger partial charge on any atom is -0.447 e. The number of hydrogen-bond acceptors (Lipinski definition) is 5. The van der Waals surface area contributed by atoms with Gasteiger partial charge in [-0.1, -0.05) is 19.1 Å². The Morgan fingerprint density at radius 2 is 2.29 bits per heavy atom. The summed E-state index contributed by atoms with van der Waals surface area (Å²) < 4.78 is 4.95. The molecular weight excluding hydrogens is 326 g/mol. The number of aryl methyl sites for hydroxylation is 2. The zero-order valence-electron chi connectivity index (χ0n) is 13.7. The Morgan fingerprint density at radius 1 is 1.46 bits per heavy atom. The van der Waals surface area contributed by atoms with Gasteiger partial charge in [-0.25, -0.2) is 9.78 Å². The summed E-state index contributed by atoms with van der Waals surface area (Å²) in [6.07, 6.45) is 0.496. The molecule has 7 heteroatoms. The minimum atomic E-state index is -0.330. The number of hydrogen-bond donors (Lipinski definition) is 1. The third-order valence-electron chi connectivity index (χ3n) is 3.79. The van der Waals surface area contributed by atoms with Crippen molar-refractivity contribution in [2.75, 3.05) is 18.1 Å². The second-order valence-corrected chi connectivity index (χ2v) is 6.58. The van der Waals surface area contributed by atoms with Crippen LogP contribution in [0.1, 0.15) is 32.9 Å². The van der Waals surface area contributed by atoms with E-state index in [0.717, 1.165) is 28.4 Å².